The van der Waals surface area contributed by atoms with Crippen molar-refractivity contribution < 1.29 is 14.6 Å². The van der Waals surface area contributed by atoms with Gasteiger partial charge in [-0.3, -0.25) is 9.88 Å². The average Bonchev–Trinajstić information content (AvgIpc) is 2.89. The number of aliphatic hydroxyl groups is 1. The van der Waals surface area contributed by atoms with Crippen LogP contribution in [-0.2, 0) is 5.41 Å². The summed E-state index contributed by atoms with van der Waals surface area (Å²) in [5, 5.41) is 9.46. The third kappa shape index (κ3) is 4.51. The van der Waals surface area contributed by atoms with Gasteiger partial charge in [-0.1, -0.05) is 20.3 Å². The number of nitrogens with zero attached hydrogens (tertiary/aromatic N) is 4. The maximum Gasteiger partial charge on any atom is 0.320 e. The Morgan fingerprint density at radius 3 is 2.55 bits per heavy atom. The molecule has 7 nitrogen and oxygen atoms in total. The molecule has 1 aromatic heterocycles. The highest BCUT2D eigenvalue weighted by Crippen LogP contribution is 2.26. The van der Waals surface area contributed by atoms with Crippen LogP contribution in [0.5, 0.6) is 5.75 Å². The van der Waals surface area contributed by atoms with Gasteiger partial charge in [0.25, 0.3) is 0 Å². The van der Waals surface area contributed by atoms with Crippen LogP contribution < -0.4 is 4.74 Å². The van der Waals surface area contributed by atoms with Gasteiger partial charge in [0.2, 0.25) is 0 Å². The van der Waals surface area contributed by atoms with Crippen LogP contribution in [-0.4, -0.2) is 88.8 Å². The predicted molar refractivity (Wildman–Crippen MR) is 111 cm³/mol. The first-order chi connectivity index (χ1) is 14.0. The van der Waals surface area contributed by atoms with Gasteiger partial charge in [0.1, 0.15) is 11.9 Å². The molecular formula is C22H34N4O3. The molecule has 0 aromatic carbocycles. The fourth-order valence-electron chi connectivity index (χ4n) is 4.24. The molecule has 1 N–H and O–H groups in total. The first-order valence-electron chi connectivity index (χ1n) is 11.0. The number of hydrogen-bond acceptors (Lipinski definition) is 5. The molecule has 0 spiro atoms. The van der Waals surface area contributed by atoms with E-state index in [0.717, 1.165) is 44.3 Å². The summed E-state index contributed by atoms with van der Waals surface area (Å²) in [4.78, 5) is 23.7. The van der Waals surface area contributed by atoms with Gasteiger partial charge >= 0.3 is 6.03 Å². The van der Waals surface area contributed by atoms with E-state index in [4.69, 9.17) is 4.74 Å². The molecule has 3 aliphatic rings. The zero-order chi connectivity index (χ0) is 20.4. The van der Waals surface area contributed by atoms with E-state index < -0.39 is 0 Å². The minimum absolute atomic E-state index is 0.0240. The summed E-state index contributed by atoms with van der Waals surface area (Å²) in [6.07, 6.45) is 6.81. The molecule has 2 amide bonds. The van der Waals surface area contributed by atoms with Crippen molar-refractivity contribution in [1.29, 1.82) is 0 Å². The molecule has 2 saturated heterocycles. The summed E-state index contributed by atoms with van der Waals surface area (Å²) in [6, 6.07) is 4.71. The molecule has 2 aliphatic heterocycles. The van der Waals surface area contributed by atoms with E-state index in [2.05, 4.69) is 9.88 Å². The average molecular weight is 403 g/mol. The number of amides is 2. The number of urea groups is 1. The molecule has 1 aromatic rings. The van der Waals surface area contributed by atoms with Crippen LogP contribution in [0.25, 0.3) is 0 Å². The second-order valence-electron chi connectivity index (χ2n) is 9.31. The molecule has 1 saturated carbocycles. The summed E-state index contributed by atoms with van der Waals surface area (Å²) in [5.41, 5.74) is 0.481. The largest absolute Gasteiger partial charge is 0.485 e. The zero-order valence-electron chi connectivity index (χ0n) is 17.7. The molecule has 7 heteroatoms. The van der Waals surface area contributed by atoms with E-state index in [9.17, 15) is 9.90 Å². The minimum atomic E-state index is -0.362. The quantitative estimate of drug-likeness (QED) is 0.817. The summed E-state index contributed by atoms with van der Waals surface area (Å²) < 4.78 is 5.97. The lowest BCUT2D eigenvalue weighted by molar-refractivity contribution is 0.0306. The van der Waals surface area contributed by atoms with Crippen LogP contribution in [0.3, 0.4) is 0 Å². The smallest absolute Gasteiger partial charge is 0.320 e. The molecule has 0 radical (unpaired) electrons. The summed E-state index contributed by atoms with van der Waals surface area (Å²) in [5.74, 6) is 0.713. The summed E-state index contributed by atoms with van der Waals surface area (Å²) in [6.45, 7) is 9.05. The highest BCUT2D eigenvalue weighted by molar-refractivity contribution is 5.75. The van der Waals surface area contributed by atoms with Crippen molar-refractivity contribution in [1.82, 2.24) is 19.7 Å². The Balaban J connectivity index is 1.23. The van der Waals surface area contributed by atoms with Crippen LogP contribution in [0, 0.1) is 0 Å². The summed E-state index contributed by atoms with van der Waals surface area (Å²) >= 11 is 0. The minimum Gasteiger partial charge on any atom is -0.485 e. The monoisotopic (exact) mass is 402 g/mol. The normalized spacial score (nSPS) is 22.0. The molecular weight excluding hydrogens is 368 g/mol. The number of carbonyl (C=O) groups excluding carboxylic acids is 1. The van der Waals surface area contributed by atoms with Crippen LogP contribution in [0.4, 0.5) is 4.79 Å². The first-order valence-corrected chi connectivity index (χ1v) is 11.0. The number of aliphatic hydroxyl groups excluding tert-OH is 1. The lowest BCUT2D eigenvalue weighted by atomic mass is 9.90. The molecule has 3 heterocycles. The third-order valence-electron chi connectivity index (χ3n) is 6.64. The molecule has 0 unspecified atom stereocenters. The molecule has 0 bridgehead atoms. The Morgan fingerprint density at radius 1 is 1.14 bits per heavy atom. The van der Waals surface area contributed by atoms with Crippen molar-refractivity contribution in [2.45, 2.75) is 57.1 Å². The highest BCUT2D eigenvalue weighted by Gasteiger charge is 2.36. The van der Waals surface area contributed by atoms with Crippen molar-refractivity contribution in [3.63, 3.8) is 0 Å². The molecule has 29 heavy (non-hydrogen) atoms. The highest BCUT2D eigenvalue weighted by atomic mass is 16.5. The van der Waals surface area contributed by atoms with Gasteiger partial charge < -0.3 is 19.6 Å². The number of pyridine rings is 1. The van der Waals surface area contributed by atoms with Gasteiger partial charge in [-0.2, -0.15) is 0 Å². The van der Waals surface area contributed by atoms with Gasteiger partial charge in [0, 0.05) is 43.3 Å². The fourth-order valence-corrected chi connectivity index (χ4v) is 4.24. The molecule has 4 rings (SSSR count). The van der Waals surface area contributed by atoms with Crippen LogP contribution >= 0.6 is 0 Å². The molecule has 1 aliphatic carbocycles. The SMILES string of the molecule is CC(C)(CO)c1ccc(OC2CN(C(=O)N3CCCN(C4CCC4)CC3)C2)cn1. The Morgan fingerprint density at radius 2 is 1.93 bits per heavy atom. The van der Waals surface area contributed by atoms with Crippen molar-refractivity contribution >= 4 is 6.03 Å². The zero-order valence-corrected chi connectivity index (χ0v) is 17.7. The van der Waals surface area contributed by atoms with E-state index in [0.29, 0.717) is 18.8 Å². The number of rotatable bonds is 5. The Labute approximate surface area is 173 Å². The topological polar surface area (TPSA) is 69.1 Å². The standard InChI is InChI=1S/C22H34N4O3/c1-22(2,16-27)20-8-7-18(13-23-20)29-19-14-26(15-19)21(28)25-10-4-9-24(11-12-25)17-5-3-6-17/h7-8,13,17,19,27H,3-6,9-12,14-16H2,1-2H3. The Hall–Kier alpha value is -1.86. The van der Waals surface area contributed by atoms with Crippen LogP contribution in [0.2, 0.25) is 0 Å². The van der Waals surface area contributed by atoms with E-state index >= 15 is 0 Å². The first kappa shape index (κ1) is 20.4. The molecule has 3 fully saturated rings. The maximum absolute atomic E-state index is 12.8. The van der Waals surface area contributed by atoms with Crippen LogP contribution in [0.1, 0.15) is 45.2 Å². The maximum atomic E-state index is 12.8. The van der Waals surface area contributed by atoms with Gasteiger partial charge in [-0.05, 0) is 31.4 Å². The van der Waals surface area contributed by atoms with E-state index in [1.54, 1.807) is 6.20 Å². The van der Waals surface area contributed by atoms with Gasteiger partial charge in [0.15, 0.2) is 0 Å². The second-order valence-corrected chi connectivity index (χ2v) is 9.31. The Bertz CT molecular complexity index is 699. The third-order valence-corrected chi connectivity index (χ3v) is 6.64. The second kappa shape index (κ2) is 8.48. The van der Waals surface area contributed by atoms with Gasteiger partial charge in [0.05, 0.1) is 25.9 Å². The summed E-state index contributed by atoms with van der Waals surface area (Å²) in [7, 11) is 0. The van der Waals surface area contributed by atoms with Gasteiger partial charge in [-0.25, -0.2) is 4.79 Å². The number of aromatic nitrogens is 1. The van der Waals surface area contributed by atoms with E-state index in [1.165, 1.54) is 19.3 Å². The Kier molecular flexibility index (Phi) is 5.97. The lowest BCUT2D eigenvalue weighted by Crippen LogP contribution is -2.60. The van der Waals surface area contributed by atoms with Gasteiger partial charge in [-0.15, -0.1) is 0 Å². The number of ether oxygens (including phenoxy) is 1. The van der Waals surface area contributed by atoms with Crippen molar-refractivity contribution in [3.05, 3.63) is 24.0 Å². The van der Waals surface area contributed by atoms with E-state index in [-0.39, 0.29) is 24.2 Å². The molecule has 0 atom stereocenters. The fraction of sp³-hybridized carbons (Fsp3) is 0.727. The molecule has 160 valence electrons. The van der Waals surface area contributed by atoms with E-state index in [1.807, 2.05) is 35.8 Å². The lowest BCUT2D eigenvalue weighted by Gasteiger charge is -2.41. The number of likely N-dealkylation sites (tertiary alicyclic amines) is 1. The number of hydrogen-bond donors (Lipinski definition) is 1. The number of carbonyl (C=O) groups is 1. The van der Waals surface area contributed by atoms with Crippen molar-refractivity contribution in [2.75, 3.05) is 45.9 Å². The van der Waals surface area contributed by atoms with Crippen molar-refractivity contribution in [3.8, 4) is 5.75 Å². The van der Waals surface area contributed by atoms with Crippen molar-refractivity contribution in [2.24, 2.45) is 0 Å². The predicted octanol–water partition coefficient (Wildman–Crippen LogP) is 2.09. The van der Waals surface area contributed by atoms with Crippen LogP contribution in [0.15, 0.2) is 18.3 Å².